The Morgan fingerprint density at radius 2 is 1.92 bits per heavy atom. The lowest BCUT2D eigenvalue weighted by Crippen LogP contribution is -2.47. The zero-order valence-electron chi connectivity index (χ0n) is 19.3. The first kappa shape index (κ1) is 22.8. The summed E-state index contributed by atoms with van der Waals surface area (Å²) in [7, 11) is 0. The van der Waals surface area contributed by atoms with Crippen molar-refractivity contribution in [1.29, 1.82) is 0 Å². The summed E-state index contributed by atoms with van der Waals surface area (Å²) in [5.41, 5.74) is 3.08. The molecule has 186 valence electrons. The first-order valence-corrected chi connectivity index (χ1v) is 11.7. The van der Waals surface area contributed by atoms with E-state index in [2.05, 4.69) is 32.3 Å². The fourth-order valence-corrected chi connectivity index (χ4v) is 4.95. The van der Waals surface area contributed by atoms with Crippen molar-refractivity contribution in [3.05, 3.63) is 52.9 Å². The van der Waals surface area contributed by atoms with Gasteiger partial charge in [-0.15, -0.1) is 0 Å². The van der Waals surface area contributed by atoms with Gasteiger partial charge in [-0.3, -0.25) is 15.3 Å². The number of amidine groups is 2. The molecule has 0 saturated heterocycles. The van der Waals surface area contributed by atoms with Crippen molar-refractivity contribution in [3.63, 3.8) is 0 Å². The molecule has 1 aromatic carbocycles. The third-order valence-corrected chi connectivity index (χ3v) is 7.10. The Bertz CT molecular complexity index is 1380. The lowest BCUT2D eigenvalue weighted by Gasteiger charge is -2.36. The molecule has 11 heteroatoms. The minimum Gasteiger partial charge on any atom is -0.324 e. The molecule has 1 aromatic heterocycles. The summed E-state index contributed by atoms with van der Waals surface area (Å²) in [6.45, 7) is 2.18. The molecule has 6 nitrogen and oxygen atoms in total. The number of anilines is 2. The second-order valence-corrected chi connectivity index (χ2v) is 9.36. The van der Waals surface area contributed by atoms with E-state index in [0.29, 0.717) is 42.2 Å². The van der Waals surface area contributed by atoms with Gasteiger partial charge in [0, 0.05) is 18.3 Å². The Kier molecular flexibility index (Phi) is 5.00. The quantitative estimate of drug-likeness (QED) is 0.422. The van der Waals surface area contributed by atoms with Gasteiger partial charge in [0.1, 0.15) is 17.1 Å². The lowest BCUT2D eigenvalue weighted by molar-refractivity contribution is -0.168. The summed E-state index contributed by atoms with van der Waals surface area (Å²) in [4.78, 5) is 12.4. The van der Waals surface area contributed by atoms with Gasteiger partial charge in [0.2, 0.25) is 6.29 Å². The van der Waals surface area contributed by atoms with E-state index in [9.17, 15) is 17.6 Å². The van der Waals surface area contributed by atoms with E-state index in [4.69, 9.17) is 0 Å². The normalized spacial score (nSPS) is 21.7. The first-order valence-electron chi connectivity index (χ1n) is 11.7. The topological polar surface area (TPSA) is 56.1 Å². The number of nitrogens with one attached hydrogen (secondary N) is 1. The number of nitrogens with zero attached hydrogens (tertiary/aromatic N) is 5. The van der Waals surface area contributed by atoms with Crippen molar-refractivity contribution >= 4 is 23.0 Å². The van der Waals surface area contributed by atoms with Crippen molar-refractivity contribution in [2.75, 3.05) is 16.3 Å². The van der Waals surface area contributed by atoms with Crippen molar-refractivity contribution < 1.29 is 22.0 Å². The van der Waals surface area contributed by atoms with Gasteiger partial charge in [-0.25, -0.2) is 13.8 Å². The number of benzene rings is 1. The number of alkyl halides is 3. The fourth-order valence-electron chi connectivity index (χ4n) is 4.95. The van der Waals surface area contributed by atoms with E-state index < -0.39 is 29.5 Å². The zero-order valence-corrected chi connectivity index (χ0v) is 19.3. The number of rotatable bonds is 0. The molecule has 2 aromatic rings. The average molecular weight is 500 g/mol. The minimum absolute atomic E-state index is 0.00263. The van der Waals surface area contributed by atoms with Crippen LogP contribution >= 0.6 is 0 Å². The van der Waals surface area contributed by atoms with Gasteiger partial charge >= 0.3 is 6.18 Å². The number of hydrogen-bond acceptors (Lipinski definition) is 6. The molecule has 4 heterocycles. The summed E-state index contributed by atoms with van der Waals surface area (Å²) < 4.78 is 70.0. The maximum absolute atomic E-state index is 15.3. The Morgan fingerprint density at radius 3 is 2.67 bits per heavy atom. The van der Waals surface area contributed by atoms with Gasteiger partial charge in [-0.05, 0) is 56.7 Å². The number of pyridine rings is 1. The number of hydrazone groups is 1. The van der Waals surface area contributed by atoms with E-state index in [1.54, 1.807) is 22.9 Å². The summed E-state index contributed by atoms with van der Waals surface area (Å²) in [6, 6.07) is 2.56. The van der Waals surface area contributed by atoms with Gasteiger partial charge in [0.25, 0.3) is 0 Å². The van der Waals surface area contributed by atoms with Crippen LogP contribution < -0.4 is 15.2 Å². The molecule has 1 unspecified atom stereocenters. The Labute approximate surface area is 203 Å². The van der Waals surface area contributed by atoms with Crippen molar-refractivity contribution in [2.45, 2.75) is 51.5 Å². The highest BCUT2D eigenvalue weighted by Gasteiger charge is 2.62. The standard InChI is InChI=1S/C25H21F5N6/c1-14-33-34-23-32-22(20-18(36(14)23)6-5-17(26)21(20)27)35-11-3-2-4-16-15(12-31-13-19(16)35)7-8-24(9-10-24)25(28,29)30/h5-6,12-13,23,34H,2-4,9-11H2,1H3. The van der Waals surface area contributed by atoms with Crippen LogP contribution in [0.4, 0.5) is 33.3 Å². The highest BCUT2D eigenvalue weighted by atomic mass is 19.4. The zero-order chi connectivity index (χ0) is 25.2. The molecule has 0 bridgehead atoms. The van der Waals surface area contributed by atoms with Gasteiger partial charge in [-0.1, -0.05) is 11.8 Å². The van der Waals surface area contributed by atoms with Crippen LogP contribution in [0.5, 0.6) is 0 Å². The number of hydrogen-bond donors (Lipinski definition) is 1. The Hall–Kier alpha value is -3.68. The van der Waals surface area contributed by atoms with Crippen molar-refractivity contribution in [1.82, 2.24) is 10.4 Å². The highest BCUT2D eigenvalue weighted by Crippen LogP contribution is 2.57. The van der Waals surface area contributed by atoms with Crippen LogP contribution in [0, 0.1) is 28.9 Å². The fraction of sp³-hybridized carbons (Fsp3) is 0.400. The average Bonchev–Trinajstić information content (AvgIpc) is 3.60. The third-order valence-electron chi connectivity index (χ3n) is 7.10. The second kappa shape index (κ2) is 7.91. The van der Waals surface area contributed by atoms with E-state index in [1.165, 1.54) is 12.3 Å². The molecular weight excluding hydrogens is 479 g/mol. The molecule has 0 radical (unpaired) electrons. The van der Waals surface area contributed by atoms with Crippen LogP contribution in [0.2, 0.25) is 0 Å². The molecular formula is C25H21F5N6. The van der Waals surface area contributed by atoms with Crippen molar-refractivity contribution in [2.24, 2.45) is 15.5 Å². The second-order valence-electron chi connectivity index (χ2n) is 9.36. The predicted molar refractivity (Wildman–Crippen MR) is 125 cm³/mol. The van der Waals surface area contributed by atoms with Crippen LogP contribution in [0.25, 0.3) is 0 Å². The minimum atomic E-state index is -4.38. The van der Waals surface area contributed by atoms with E-state index >= 15 is 4.39 Å². The van der Waals surface area contributed by atoms with Crippen molar-refractivity contribution in [3.8, 4) is 11.8 Å². The van der Waals surface area contributed by atoms with E-state index in [0.717, 1.165) is 18.1 Å². The van der Waals surface area contributed by atoms with Gasteiger partial charge in [0.15, 0.2) is 11.6 Å². The smallest absolute Gasteiger partial charge is 0.324 e. The number of halogens is 5. The van der Waals surface area contributed by atoms with Crippen LogP contribution in [-0.4, -0.2) is 35.7 Å². The Morgan fingerprint density at radius 1 is 1.11 bits per heavy atom. The van der Waals surface area contributed by atoms with Crippen LogP contribution in [-0.2, 0) is 6.42 Å². The largest absolute Gasteiger partial charge is 0.405 e. The molecule has 0 spiro atoms. The molecule has 36 heavy (non-hydrogen) atoms. The summed E-state index contributed by atoms with van der Waals surface area (Å²) in [5.74, 6) is 3.94. The molecule has 1 saturated carbocycles. The van der Waals surface area contributed by atoms with Gasteiger partial charge < -0.3 is 4.90 Å². The summed E-state index contributed by atoms with van der Waals surface area (Å²) >= 11 is 0. The maximum atomic E-state index is 15.3. The third kappa shape index (κ3) is 3.42. The molecule has 1 aliphatic carbocycles. The molecule has 1 fully saturated rings. The highest BCUT2D eigenvalue weighted by molar-refractivity contribution is 6.17. The molecule has 0 amide bonds. The summed E-state index contributed by atoms with van der Waals surface area (Å²) in [6.07, 6.45) is 0.0271. The molecule has 1 N–H and O–H groups in total. The first-order chi connectivity index (χ1) is 17.2. The van der Waals surface area contributed by atoms with Gasteiger partial charge in [0.05, 0.1) is 23.1 Å². The molecule has 6 rings (SSSR count). The van der Waals surface area contributed by atoms with Gasteiger partial charge in [-0.2, -0.15) is 18.3 Å². The van der Waals surface area contributed by atoms with E-state index in [1.807, 2.05) is 0 Å². The van der Waals surface area contributed by atoms with E-state index in [-0.39, 0.29) is 24.2 Å². The number of fused-ring (bicyclic) bond motifs is 4. The number of aromatic nitrogens is 1. The predicted octanol–water partition coefficient (Wildman–Crippen LogP) is 4.68. The summed E-state index contributed by atoms with van der Waals surface area (Å²) in [5, 5.41) is 4.19. The number of aliphatic imine (C=N–C) groups is 1. The Balaban J connectivity index is 1.47. The molecule has 4 aliphatic rings. The lowest BCUT2D eigenvalue weighted by atomic mass is 10.0. The molecule has 3 aliphatic heterocycles. The van der Waals surface area contributed by atoms with Crippen LogP contribution in [0.3, 0.4) is 0 Å². The van der Waals surface area contributed by atoms with Crippen LogP contribution in [0.15, 0.2) is 34.6 Å². The maximum Gasteiger partial charge on any atom is 0.405 e. The molecule has 1 atom stereocenters. The SMILES string of the molecule is CC1=NNC2N=C(N3CCCCc4c(C#CC5(C(F)(F)F)CC5)cncc43)c3c(ccc(F)c3F)N12. The monoisotopic (exact) mass is 500 g/mol. The van der Waals surface area contributed by atoms with Crippen LogP contribution in [0.1, 0.15) is 49.3 Å².